The smallest absolute Gasteiger partial charge is 0.0668 e. The summed E-state index contributed by atoms with van der Waals surface area (Å²) in [5.41, 5.74) is 2.99. The van der Waals surface area contributed by atoms with Crippen LogP contribution in [0.15, 0.2) is 29.5 Å². The van der Waals surface area contributed by atoms with Crippen LogP contribution in [0.3, 0.4) is 0 Å². The van der Waals surface area contributed by atoms with E-state index in [4.69, 9.17) is 0 Å². The van der Waals surface area contributed by atoms with Crippen LogP contribution in [0.2, 0.25) is 0 Å². The normalized spacial score (nSPS) is 30.0. The van der Waals surface area contributed by atoms with Crippen LogP contribution in [0, 0.1) is 11.8 Å². The van der Waals surface area contributed by atoms with Crippen LogP contribution in [0.1, 0.15) is 12.5 Å². The summed E-state index contributed by atoms with van der Waals surface area (Å²) >= 11 is 0. The highest BCUT2D eigenvalue weighted by atomic mass is 15.2. The highest BCUT2D eigenvalue weighted by molar-refractivity contribution is 5.69. The molecule has 19 heavy (non-hydrogen) atoms. The summed E-state index contributed by atoms with van der Waals surface area (Å²) in [5.74, 6) is 1.62. The Labute approximate surface area is 114 Å². The summed E-state index contributed by atoms with van der Waals surface area (Å²) < 4.78 is 0. The van der Waals surface area contributed by atoms with E-state index in [2.05, 4.69) is 40.0 Å². The number of piperidine rings is 1. The topological polar surface area (TPSA) is 40.5 Å². The molecule has 2 unspecified atom stereocenters. The van der Waals surface area contributed by atoms with Crippen molar-refractivity contribution in [3.05, 3.63) is 30.1 Å². The fourth-order valence-electron chi connectivity index (χ4n) is 3.15. The number of hydrogen-bond acceptors (Lipinski definition) is 4. The van der Waals surface area contributed by atoms with Crippen LogP contribution >= 0.6 is 0 Å². The lowest BCUT2D eigenvalue weighted by Gasteiger charge is -2.15. The highest BCUT2D eigenvalue weighted by Gasteiger charge is 2.54. The number of pyridine rings is 1. The van der Waals surface area contributed by atoms with Gasteiger partial charge in [-0.3, -0.25) is 9.98 Å². The first kappa shape index (κ1) is 12.4. The van der Waals surface area contributed by atoms with Crippen LogP contribution in [0.25, 0.3) is 5.70 Å². The minimum absolute atomic E-state index is 0.624. The third kappa shape index (κ3) is 2.28. The Kier molecular flexibility index (Phi) is 3.11. The molecule has 2 heterocycles. The maximum absolute atomic E-state index is 4.29. The van der Waals surface area contributed by atoms with Crippen LogP contribution in [0.5, 0.6) is 0 Å². The first-order valence-electron chi connectivity index (χ1n) is 6.76. The number of hydrogen-bond donors (Lipinski definition) is 1. The average molecular weight is 256 g/mol. The fraction of sp³-hybridized carbons (Fsp3) is 0.467. The van der Waals surface area contributed by atoms with E-state index in [-0.39, 0.29) is 0 Å². The predicted molar refractivity (Wildman–Crippen MR) is 79.3 cm³/mol. The fourth-order valence-corrected chi connectivity index (χ4v) is 3.15. The number of nitrogens with one attached hydrogen (secondary N) is 1. The van der Waals surface area contributed by atoms with Crippen LogP contribution in [-0.4, -0.2) is 42.8 Å². The van der Waals surface area contributed by atoms with Crippen molar-refractivity contribution in [3.63, 3.8) is 0 Å². The Balaban J connectivity index is 1.70. The number of anilines is 1. The maximum atomic E-state index is 4.29. The molecule has 0 bridgehead atoms. The summed E-state index contributed by atoms with van der Waals surface area (Å²) in [7, 11) is 2.19. The zero-order valence-corrected chi connectivity index (χ0v) is 11.5. The molecule has 4 heteroatoms. The Morgan fingerprint density at radius 1 is 1.47 bits per heavy atom. The SMILES string of the molecule is C=N/C(=C\C)c1cncc(NC2C3CN(C)C[C@@H]32)c1. The molecule has 0 radical (unpaired) electrons. The first-order chi connectivity index (χ1) is 9.22. The molecular weight excluding hydrogens is 236 g/mol. The van der Waals surface area contributed by atoms with E-state index in [1.54, 1.807) is 0 Å². The second-order valence-electron chi connectivity index (χ2n) is 5.51. The molecule has 1 saturated heterocycles. The van der Waals surface area contributed by atoms with Gasteiger partial charge in [-0.15, -0.1) is 0 Å². The molecule has 100 valence electrons. The maximum Gasteiger partial charge on any atom is 0.0668 e. The minimum atomic E-state index is 0.624. The zero-order valence-electron chi connectivity index (χ0n) is 11.5. The number of rotatable bonds is 4. The molecular formula is C15H20N4. The van der Waals surface area contributed by atoms with Gasteiger partial charge in [-0.05, 0) is 38.6 Å². The van der Waals surface area contributed by atoms with Gasteiger partial charge in [-0.25, -0.2) is 0 Å². The molecule has 2 fully saturated rings. The summed E-state index contributed by atoms with van der Waals surface area (Å²) in [6.45, 7) is 7.98. The molecule has 4 nitrogen and oxygen atoms in total. The molecule has 0 spiro atoms. The van der Waals surface area contributed by atoms with E-state index in [0.29, 0.717) is 6.04 Å². The molecule has 1 saturated carbocycles. The van der Waals surface area contributed by atoms with Crippen LogP contribution < -0.4 is 5.32 Å². The number of aliphatic imine (C=N–C) groups is 1. The van der Waals surface area contributed by atoms with E-state index in [1.807, 2.05) is 25.4 Å². The van der Waals surface area contributed by atoms with Crippen molar-refractivity contribution >= 4 is 18.1 Å². The number of allylic oxidation sites excluding steroid dienone is 1. The van der Waals surface area contributed by atoms with E-state index >= 15 is 0 Å². The molecule has 0 amide bonds. The van der Waals surface area contributed by atoms with E-state index in [9.17, 15) is 0 Å². The zero-order chi connectivity index (χ0) is 13.4. The second kappa shape index (κ2) is 4.78. The van der Waals surface area contributed by atoms with Gasteiger partial charge < -0.3 is 10.2 Å². The molecule has 2 aliphatic rings. The van der Waals surface area contributed by atoms with Crippen molar-refractivity contribution in [1.29, 1.82) is 0 Å². The van der Waals surface area contributed by atoms with Crippen LogP contribution in [0.4, 0.5) is 5.69 Å². The van der Waals surface area contributed by atoms with E-state index in [1.165, 1.54) is 13.1 Å². The van der Waals surface area contributed by atoms with Crippen molar-refractivity contribution in [2.45, 2.75) is 13.0 Å². The lowest BCUT2D eigenvalue weighted by molar-refractivity contribution is 0.366. The molecule has 3 atom stereocenters. The van der Waals surface area contributed by atoms with Gasteiger partial charge in [0, 0.05) is 37.1 Å². The largest absolute Gasteiger partial charge is 0.380 e. The Morgan fingerprint density at radius 2 is 2.21 bits per heavy atom. The standard InChI is InChI=1S/C15H20N4/c1-4-14(16-2)10-5-11(7-17-6-10)18-15-12-8-19(3)9-13(12)15/h4-7,12-13,15,18H,2,8-9H2,1,3H3/b14-4-/t12-,13?,15?/m0/s1. The summed E-state index contributed by atoms with van der Waals surface area (Å²) in [5, 5.41) is 3.60. The predicted octanol–water partition coefficient (Wildman–Crippen LogP) is 2.11. The summed E-state index contributed by atoms with van der Waals surface area (Å²) in [6, 6.07) is 2.73. The van der Waals surface area contributed by atoms with Crippen molar-refractivity contribution in [1.82, 2.24) is 9.88 Å². The number of fused-ring (bicyclic) bond motifs is 1. The quantitative estimate of drug-likeness (QED) is 0.839. The third-order valence-electron chi connectivity index (χ3n) is 4.19. The minimum Gasteiger partial charge on any atom is -0.380 e. The Hall–Kier alpha value is -1.68. The van der Waals surface area contributed by atoms with Gasteiger partial charge in [0.25, 0.3) is 0 Å². The first-order valence-corrected chi connectivity index (χ1v) is 6.76. The average Bonchev–Trinajstić information content (AvgIpc) is 2.85. The monoisotopic (exact) mass is 256 g/mol. The molecule has 1 aliphatic heterocycles. The van der Waals surface area contributed by atoms with Gasteiger partial charge in [-0.1, -0.05) is 6.08 Å². The van der Waals surface area contributed by atoms with Crippen molar-refractivity contribution < 1.29 is 0 Å². The Bertz CT molecular complexity index is 511. The van der Waals surface area contributed by atoms with Crippen molar-refractivity contribution in [2.24, 2.45) is 16.8 Å². The number of nitrogens with zero attached hydrogens (tertiary/aromatic N) is 3. The Morgan fingerprint density at radius 3 is 2.84 bits per heavy atom. The van der Waals surface area contributed by atoms with Crippen LogP contribution in [-0.2, 0) is 0 Å². The van der Waals surface area contributed by atoms with Crippen molar-refractivity contribution in [2.75, 3.05) is 25.5 Å². The molecule has 1 N–H and O–H groups in total. The lowest BCUT2D eigenvalue weighted by Crippen LogP contribution is -2.24. The van der Waals surface area contributed by atoms with Gasteiger partial charge in [0.2, 0.25) is 0 Å². The molecule has 0 aromatic carbocycles. The summed E-state index contributed by atoms with van der Waals surface area (Å²) in [4.78, 5) is 10.7. The third-order valence-corrected chi connectivity index (χ3v) is 4.19. The van der Waals surface area contributed by atoms with Gasteiger partial charge in [0.1, 0.15) is 0 Å². The van der Waals surface area contributed by atoms with Gasteiger partial charge in [0.05, 0.1) is 11.4 Å². The van der Waals surface area contributed by atoms with Gasteiger partial charge in [0.15, 0.2) is 0 Å². The molecule has 1 aromatic heterocycles. The number of likely N-dealkylation sites (tertiary alicyclic amines) is 1. The van der Waals surface area contributed by atoms with Crippen molar-refractivity contribution in [3.8, 4) is 0 Å². The second-order valence-corrected chi connectivity index (χ2v) is 5.51. The lowest BCUT2D eigenvalue weighted by atomic mass is 10.2. The summed E-state index contributed by atoms with van der Waals surface area (Å²) in [6.07, 6.45) is 5.67. The molecule has 1 aliphatic carbocycles. The number of aromatic nitrogens is 1. The van der Waals surface area contributed by atoms with E-state index in [0.717, 1.165) is 28.8 Å². The highest BCUT2D eigenvalue weighted by Crippen LogP contribution is 2.46. The molecule has 3 rings (SSSR count). The molecule has 1 aromatic rings. The van der Waals surface area contributed by atoms with Gasteiger partial charge in [-0.2, -0.15) is 0 Å². The van der Waals surface area contributed by atoms with Gasteiger partial charge >= 0.3 is 0 Å². The van der Waals surface area contributed by atoms with E-state index < -0.39 is 0 Å².